The number of methoxy groups -OCH3 is 1. The maximum Gasteiger partial charge on any atom is 0.321 e. The highest BCUT2D eigenvalue weighted by Gasteiger charge is 2.20. The molecule has 1 aromatic rings. The van der Waals surface area contributed by atoms with Crippen molar-refractivity contribution in [1.29, 1.82) is 0 Å². The average Bonchev–Trinajstić information content (AvgIpc) is 2.38. The van der Waals surface area contributed by atoms with Gasteiger partial charge in [-0.2, -0.15) is 0 Å². The molecule has 1 aromatic carbocycles. The zero-order valence-corrected chi connectivity index (χ0v) is 11.9. The van der Waals surface area contributed by atoms with E-state index in [-0.39, 0.29) is 11.5 Å². The highest BCUT2D eigenvalue weighted by molar-refractivity contribution is 7.92. The Bertz CT molecular complexity index is 504. The van der Waals surface area contributed by atoms with Crippen molar-refractivity contribution in [2.24, 2.45) is 0 Å². The van der Waals surface area contributed by atoms with E-state index in [1.165, 1.54) is 31.4 Å². The van der Waals surface area contributed by atoms with Crippen molar-refractivity contribution >= 4 is 15.8 Å². The highest BCUT2D eigenvalue weighted by Crippen LogP contribution is 2.16. The van der Waals surface area contributed by atoms with Gasteiger partial charge in [-0.25, -0.2) is 8.42 Å². The minimum atomic E-state index is -3.65. The van der Waals surface area contributed by atoms with Gasteiger partial charge in [0.2, 0.25) is 0 Å². The largest absolute Gasteiger partial charge is 0.497 e. The molecule has 0 saturated carbocycles. The first-order valence-electron chi connectivity index (χ1n) is 6.02. The first kappa shape index (κ1) is 15.5. The van der Waals surface area contributed by atoms with Crippen molar-refractivity contribution in [1.82, 2.24) is 0 Å². The molecule has 0 bridgehead atoms. The summed E-state index contributed by atoms with van der Waals surface area (Å²) in [5, 5.41) is 0. The Labute approximate surface area is 113 Å². The van der Waals surface area contributed by atoms with Crippen LogP contribution in [0.4, 0.5) is 0 Å². The first-order valence-corrected chi connectivity index (χ1v) is 7.67. The molecule has 19 heavy (non-hydrogen) atoms. The molecule has 0 radical (unpaired) electrons. The van der Waals surface area contributed by atoms with E-state index in [1.807, 2.05) is 6.92 Å². The number of esters is 1. The van der Waals surface area contributed by atoms with E-state index >= 15 is 0 Å². The van der Waals surface area contributed by atoms with Crippen molar-refractivity contribution in [2.75, 3.05) is 19.5 Å². The fourth-order valence-corrected chi connectivity index (χ4v) is 2.50. The lowest BCUT2D eigenvalue weighted by atomic mass is 10.3. The van der Waals surface area contributed by atoms with Crippen LogP contribution >= 0.6 is 0 Å². The molecule has 1 rings (SSSR count). The summed E-state index contributed by atoms with van der Waals surface area (Å²) in [4.78, 5) is 11.5. The van der Waals surface area contributed by atoms with Crippen LogP contribution in [0.2, 0.25) is 0 Å². The van der Waals surface area contributed by atoms with Gasteiger partial charge in [-0.05, 0) is 30.7 Å². The quantitative estimate of drug-likeness (QED) is 0.565. The summed E-state index contributed by atoms with van der Waals surface area (Å²) in [6, 6.07) is 5.89. The lowest BCUT2D eigenvalue weighted by Gasteiger charge is -2.06. The van der Waals surface area contributed by atoms with E-state index in [0.29, 0.717) is 5.75 Å². The number of hydrogen-bond donors (Lipinski definition) is 0. The molecule has 0 aliphatic rings. The summed E-state index contributed by atoms with van der Waals surface area (Å²) in [6.07, 6.45) is 1.62. The van der Waals surface area contributed by atoms with Gasteiger partial charge in [0.25, 0.3) is 0 Å². The minimum absolute atomic E-state index is 0.0840. The number of rotatable bonds is 7. The molecule has 0 atom stereocenters. The summed E-state index contributed by atoms with van der Waals surface area (Å²) >= 11 is 0. The molecule has 0 saturated heterocycles. The van der Waals surface area contributed by atoms with Crippen LogP contribution in [0.15, 0.2) is 29.2 Å². The van der Waals surface area contributed by atoms with Gasteiger partial charge >= 0.3 is 5.97 Å². The molecule has 6 heteroatoms. The van der Waals surface area contributed by atoms with Crippen molar-refractivity contribution in [2.45, 2.75) is 24.7 Å². The number of sulfone groups is 1. The zero-order valence-electron chi connectivity index (χ0n) is 11.1. The molecule has 0 spiro atoms. The van der Waals surface area contributed by atoms with Crippen LogP contribution in [0.1, 0.15) is 19.8 Å². The van der Waals surface area contributed by atoms with Crippen LogP contribution in [-0.4, -0.2) is 33.9 Å². The van der Waals surface area contributed by atoms with Gasteiger partial charge in [-0.1, -0.05) is 13.3 Å². The maximum atomic E-state index is 11.9. The van der Waals surface area contributed by atoms with E-state index in [2.05, 4.69) is 0 Å². The third-order valence-corrected chi connectivity index (χ3v) is 4.09. The summed E-state index contributed by atoms with van der Waals surface area (Å²) in [5.74, 6) is -0.794. The summed E-state index contributed by atoms with van der Waals surface area (Å²) in [6.45, 7) is 2.22. The lowest BCUT2D eigenvalue weighted by Crippen LogP contribution is -2.19. The van der Waals surface area contributed by atoms with E-state index < -0.39 is 21.6 Å². The zero-order chi connectivity index (χ0) is 14.3. The van der Waals surface area contributed by atoms with Gasteiger partial charge < -0.3 is 9.47 Å². The SMILES string of the molecule is CCCCOC(=O)CS(=O)(=O)c1ccc(OC)cc1. The molecule has 0 unspecified atom stereocenters. The van der Waals surface area contributed by atoms with Crippen LogP contribution in [0, 0.1) is 0 Å². The Morgan fingerprint density at radius 2 is 1.84 bits per heavy atom. The number of ether oxygens (including phenoxy) is 2. The molecule has 0 aromatic heterocycles. The molecule has 0 aliphatic heterocycles. The monoisotopic (exact) mass is 286 g/mol. The molecular weight excluding hydrogens is 268 g/mol. The van der Waals surface area contributed by atoms with Gasteiger partial charge in [0.05, 0.1) is 18.6 Å². The van der Waals surface area contributed by atoms with E-state index in [0.717, 1.165) is 12.8 Å². The van der Waals surface area contributed by atoms with Crippen LogP contribution in [0.3, 0.4) is 0 Å². The molecule has 0 heterocycles. The second kappa shape index (κ2) is 7.13. The van der Waals surface area contributed by atoms with Crippen LogP contribution < -0.4 is 4.74 Å². The predicted octanol–water partition coefficient (Wildman–Crippen LogP) is 1.81. The molecule has 5 nitrogen and oxygen atoms in total. The van der Waals surface area contributed by atoms with Crippen molar-refractivity contribution < 1.29 is 22.7 Å². The van der Waals surface area contributed by atoms with E-state index in [4.69, 9.17) is 9.47 Å². The summed E-state index contributed by atoms with van der Waals surface area (Å²) < 4.78 is 33.7. The molecule has 0 N–H and O–H groups in total. The van der Waals surface area contributed by atoms with E-state index in [1.54, 1.807) is 0 Å². The molecule has 106 valence electrons. The van der Waals surface area contributed by atoms with Crippen molar-refractivity contribution in [3.63, 3.8) is 0 Å². The fraction of sp³-hybridized carbons (Fsp3) is 0.462. The Balaban J connectivity index is 2.66. The predicted molar refractivity (Wildman–Crippen MR) is 70.9 cm³/mol. The summed E-state index contributed by atoms with van der Waals surface area (Å²) in [7, 11) is -2.16. The number of unbranched alkanes of at least 4 members (excludes halogenated alkanes) is 1. The molecular formula is C13H18O5S. The second-order valence-electron chi connectivity index (χ2n) is 4.01. The third-order valence-electron chi connectivity index (χ3n) is 2.49. The minimum Gasteiger partial charge on any atom is -0.497 e. The number of benzene rings is 1. The standard InChI is InChI=1S/C13H18O5S/c1-3-4-9-18-13(14)10-19(15,16)12-7-5-11(17-2)6-8-12/h5-8H,3-4,9-10H2,1-2H3. The Hall–Kier alpha value is -1.56. The highest BCUT2D eigenvalue weighted by atomic mass is 32.2. The topological polar surface area (TPSA) is 69.7 Å². The number of carbonyl (C=O) groups excluding carboxylic acids is 1. The van der Waals surface area contributed by atoms with Gasteiger partial charge in [-0.3, -0.25) is 4.79 Å². The molecule has 0 aliphatic carbocycles. The second-order valence-corrected chi connectivity index (χ2v) is 6.00. The number of carbonyl (C=O) groups is 1. The van der Waals surface area contributed by atoms with Gasteiger partial charge in [-0.15, -0.1) is 0 Å². The van der Waals surface area contributed by atoms with Gasteiger partial charge in [0.1, 0.15) is 5.75 Å². The molecule has 0 fully saturated rings. The lowest BCUT2D eigenvalue weighted by molar-refractivity contribution is -0.140. The fourth-order valence-electron chi connectivity index (χ4n) is 1.39. The Kier molecular flexibility index (Phi) is 5.82. The van der Waals surface area contributed by atoms with Crippen LogP contribution in [0.25, 0.3) is 0 Å². The van der Waals surface area contributed by atoms with Crippen molar-refractivity contribution in [3.05, 3.63) is 24.3 Å². The third kappa shape index (κ3) is 4.90. The normalized spacial score (nSPS) is 11.1. The van der Waals surface area contributed by atoms with E-state index in [9.17, 15) is 13.2 Å². The average molecular weight is 286 g/mol. The van der Waals surface area contributed by atoms with Gasteiger partial charge in [0.15, 0.2) is 15.6 Å². The van der Waals surface area contributed by atoms with Crippen molar-refractivity contribution in [3.8, 4) is 5.75 Å². The number of hydrogen-bond acceptors (Lipinski definition) is 5. The maximum absolute atomic E-state index is 11.9. The van der Waals surface area contributed by atoms with Crippen LogP contribution in [0.5, 0.6) is 5.75 Å². The molecule has 0 amide bonds. The first-order chi connectivity index (χ1) is 8.99. The smallest absolute Gasteiger partial charge is 0.321 e. The Morgan fingerprint density at radius 1 is 1.21 bits per heavy atom. The van der Waals surface area contributed by atoms with Crippen LogP contribution in [-0.2, 0) is 19.4 Å². The summed E-state index contributed by atoms with van der Waals surface area (Å²) in [5.41, 5.74) is 0. The Morgan fingerprint density at radius 3 is 2.37 bits per heavy atom. The van der Waals surface area contributed by atoms with Gasteiger partial charge in [0, 0.05) is 0 Å².